The number of nitrogens with one attached hydrogen (secondary N) is 2. The van der Waals surface area contributed by atoms with Gasteiger partial charge in [0.05, 0.1) is 17.7 Å². The van der Waals surface area contributed by atoms with Gasteiger partial charge >= 0.3 is 6.18 Å². The van der Waals surface area contributed by atoms with Crippen LogP contribution in [0.3, 0.4) is 0 Å². The molecule has 0 aliphatic carbocycles. The van der Waals surface area contributed by atoms with Crippen molar-refractivity contribution in [1.82, 2.24) is 10.6 Å². The molecule has 210 valence electrons. The Bertz CT molecular complexity index is 1400. The normalized spacial score (nSPS) is 23.0. The second kappa shape index (κ2) is 11.4. The van der Waals surface area contributed by atoms with Gasteiger partial charge in [-0.25, -0.2) is 0 Å². The van der Waals surface area contributed by atoms with Crippen molar-refractivity contribution in [2.24, 2.45) is 5.41 Å². The highest BCUT2D eigenvalue weighted by atomic mass is 35.5. The number of rotatable bonds is 6. The van der Waals surface area contributed by atoms with Crippen LogP contribution in [0.5, 0.6) is 0 Å². The van der Waals surface area contributed by atoms with Crippen molar-refractivity contribution < 1.29 is 18.0 Å². The minimum absolute atomic E-state index is 0.0296. The van der Waals surface area contributed by atoms with E-state index in [9.17, 15) is 23.2 Å². The van der Waals surface area contributed by atoms with E-state index in [1.807, 2.05) is 18.2 Å². The van der Waals surface area contributed by atoms with Crippen LogP contribution in [0, 0.1) is 16.7 Å². The van der Waals surface area contributed by atoms with E-state index in [-0.39, 0.29) is 17.9 Å². The van der Waals surface area contributed by atoms with E-state index in [1.165, 1.54) is 12.1 Å². The molecular formula is C31H30Cl2F3N3O. The molecule has 0 radical (unpaired) electrons. The van der Waals surface area contributed by atoms with Crippen LogP contribution in [-0.4, -0.2) is 18.0 Å². The number of halogens is 5. The molecule has 2 N–H and O–H groups in total. The van der Waals surface area contributed by atoms with Crippen molar-refractivity contribution in [2.45, 2.75) is 63.3 Å². The van der Waals surface area contributed by atoms with Crippen LogP contribution >= 0.6 is 23.2 Å². The first-order chi connectivity index (χ1) is 18.7. The molecule has 4 rings (SSSR count). The molecule has 1 amide bonds. The molecule has 0 spiro atoms. The van der Waals surface area contributed by atoms with Gasteiger partial charge in [0, 0.05) is 28.5 Å². The maximum atomic E-state index is 13.8. The van der Waals surface area contributed by atoms with E-state index in [1.54, 1.807) is 30.3 Å². The SMILES string of the molecule is CC(C)(C)CC1NC(C(=O)NCc2ccc(C(F)(F)F)cc2)C(c2cccc(Cl)c2)C1(C#N)c1ccc(Cl)cc1. The van der Waals surface area contributed by atoms with Crippen LogP contribution in [-0.2, 0) is 22.9 Å². The number of nitrogens with zero attached hydrogens (tertiary/aromatic N) is 1. The quantitative estimate of drug-likeness (QED) is 0.311. The second-order valence-electron chi connectivity index (χ2n) is 11.4. The highest BCUT2D eigenvalue weighted by molar-refractivity contribution is 6.30. The zero-order valence-corrected chi connectivity index (χ0v) is 23.8. The van der Waals surface area contributed by atoms with E-state index < -0.39 is 35.2 Å². The third-order valence-electron chi connectivity index (χ3n) is 7.32. The smallest absolute Gasteiger partial charge is 0.351 e. The van der Waals surface area contributed by atoms with Gasteiger partial charge in [-0.2, -0.15) is 18.4 Å². The summed E-state index contributed by atoms with van der Waals surface area (Å²) >= 11 is 12.6. The van der Waals surface area contributed by atoms with Crippen molar-refractivity contribution in [3.63, 3.8) is 0 Å². The fourth-order valence-electron chi connectivity index (χ4n) is 5.57. The van der Waals surface area contributed by atoms with E-state index in [0.717, 1.165) is 23.3 Å². The summed E-state index contributed by atoms with van der Waals surface area (Å²) in [5, 5.41) is 18.3. The van der Waals surface area contributed by atoms with Gasteiger partial charge in [-0.3, -0.25) is 4.79 Å². The molecule has 1 saturated heterocycles. The number of alkyl halides is 3. The predicted octanol–water partition coefficient (Wildman–Crippen LogP) is 7.65. The average Bonchev–Trinajstić information content (AvgIpc) is 3.20. The number of hydrogen-bond acceptors (Lipinski definition) is 3. The van der Waals surface area contributed by atoms with Crippen LogP contribution < -0.4 is 10.6 Å². The fraction of sp³-hybridized carbons (Fsp3) is 0.355. The topological polar surface area (TPSA) is 64.9 Å². The first-order valence-corrected chi connectivity index (χ1v) is 13.6. The monoisotopic (exact) mass is 587 g/mol. The Morgan fingerprint density at radius 3 is 2.20 bits per heavy atom. The summed E-state index contributed by atoms with van der Waals surface area (Å²) in [6.45, 7) is 6.25. The number of carbonyl (C=O) groups excluding carboxylic acids is 1. The van der Waals surface area contributed by atoms with Crippen molar-refractivity contribution in [3.8, 4) is 6.07 Å². The number of amides is 1. The first-order valence-electron chi connectivity index (χ1n) is 12.9. The summed E-state index contributed by atoms with van der Waals surface area (Å²) in [5.74, 6) is -0.993. The number of carbonyl (C=O) groups is 1. The molecule has 1 fully saturated rings. The molecule has 1 aliphatic rings. The number of benzene rings is 3. The molecule has 4 atom stereocenters. The lowest BCUT2D eigenvalue weighted by atomic mass is 9.63. The van der Waals surface area contributed by atoms with E-state index in [2.05, 4.69) is 37.5 Å². The zero-order valence-electron chi connectivity index (χ0n) is 22.3. The van der Waals surface area contributed by atoms with Gasteiger partial charge in [-0.05, 0) is 64.9 Å². The fourth-order valence-corrected chi connectivity index (χ4v) is 5.89. The summed E-state index contributed by atoms with van der Waals surface area (Å²) in [6, 6.07) is 20.3. The zero-order chi connectivity index (χ0) is 29.3. The molecule has 9 heteroatoms. The molecule has 4 unspecified atom stereocenters. The van der Waals surface area contributed by atoms with Gasteiger partial charge in [0.25, 0.3) is 0 Å². The van der Waals surface area contributed by atoms with Crippen LogP contribution in [0.2, 0.25) is 10.0 Å². The van der Waals surface area contributed by atoms with E-state index in [4.69, 9.17) is 23.2 Å². The highest BCUT2D eigenvalue weighted by Gasteiger charge is 2.59. The standard InChI is InChI=1S/C31H30Cl2F3N3O/c1-29(2,3)16-25-30(18-37,21-11-13-23(32)14-12-21)26(20-5-4-6-24(33)15-20)27(39-25)28(40)38-17-19-7-9-22(10-8-19)31(34,35)36/h4-15,25-27,39H,16-17H2,1-3H3,(H,38,40). The Balaban J connectivity index is 1.75. The Morgan fingerprint density at radius 2 is 1.65 bits per heavy atom. The maximum Gasteiger partial charge on any atom is 0.416 e. The van der Waals surface area contributed by atoms with Crippen molar-refractivity contribution in [3.05, 3.63) is 105 Å². The second-order valence-corrected chi connectivity index (χ2v) is 12.3. The van der Waals surface area contributed by atoms with E-state index >= 15 is 0 Å². The molecule has 4 nitrogen and oxygen atoms in total. The first kappa shape index (κ1) is 29.9. The lowest BCUT2D eigenvalue weighted by Crippen LogP contribution is -2.45. The Labute approximate surface area is 242 Å². The molecule has 40 heavy (non-hydrogen) atoms. The van der Waals surface area contributed by atoms with E-state index in [0.29, 0.717) is 22.0 Å². The molecule has 0 bridgehead atoms. The third-order valence-corrected chi connectivity index (χ3v) is 7.80. The van der Waals surface area contributed by atoms with Gasteiger partial charge in [0.2, 0.25) is 5.91 Å². The Kier molecular flexibility index (Phi) is 8.56. The molecule has 0 saturated carbocycles. The molecule has 3 aromatic rings. The van der Waals surface area contributed by atoms with Crippen LogP contribution in [0.25, 0.3) is 0 Å². The number of nitriles is 1. The molecule has 1 heterocycles. The van der Waals surface area contributed by atoms with Crippen molar-refractivity contribution >= 4 is 29.1 Å². The molecule has 1 aliphatic heterocycles. The summed E-state index contributed by atoms with van der Waals surface area (Å²) in [4.78, 5) is 13.8. The summed E-state index contributed by atoms with van der Waals surface area (Å²) in [6.07, 6.45) is -3.85. The Morgan fingerprint density at radius 1 is 1.00 bits per heavy atom. The minimum Gasteiger partial charge on any atom is -0.351 e. The lowest BCUT2D eigenvalue weighted by Gasteiger charge is -2.37. The predicted molar refractivity (Wildman–Crippen MR) is 151 cm³/mol. The van der Waals surface area contributed by atoms with Gasteiger partial charge in [0.1, 0.15) is 5.41 Å². The van der Waals surface area contributed by atoms with Gasteiger partial charge in [-0.1, -0.05) is 80.4 Å². The third kappa shape index (κ3) is 6.30. The van der Waals surface area contributed by atoms with Gasteiger partial charge < -0.3 is 10.6 Å². The molecule has 0 aromatic heterocycles. The molecule has 3 aromatic carbocycles. The summed E-state index contributed by atoms with van der Waals surface area (Å²) in [7, 11) is 0. The highest BCUT2D eigenvalue weighted by Crippen LogP contribution is 2.51. The van der Waals surface area contributed by atoms with Crippen LogP contribution in [0.15, 0.2) is 72.8 Å². The van der Waals surface area contributed by atoms with Crippen LogP contribution in [0.4, 0.5) is 13.2 Å². The minimum atomic E-state index is -4.44. The van der Waals surface area contributed by atoms with Crippen LogP contribution in [0.1, 0.15) is 55.4 Å². The number of hydrogen-bond donors (Lipinski definition) is 2. The molecular weight excluding hydrogens is 558 g/mol. The summed E-state index contributed by atoms with van der Waals surface area (Å²) in [5.41, 5.74) is -0.121. The Hall–Kier alpha value is -3.05. The van der Waals surface area contributed by atoms with Gasteiger partial charge in [0.15, 0.2) is 0 Å². The van der Waals surface area contributed by atoms with Crippen molar-refractivity contribution in [2.75, 3.05) is 0 Å². The maximum absolute atomic E-state index is 13.8. The van der Waals surface area contributed by atoms with Gasteiger partial charge in [-0.15, -0.1) is 0 Å². The largest absolute Gasteiger partial charge is 0.416 e. The van der Waals surface area contributed by atoms with Crippen molar-refractivity contribution in [1.29, 1.82) is 5.26 Å². The average molecular weight is 589 g/mol. The summed E-state index contributed by atoms with van der Waals surface area (Å²) < 4.78 is 38.9. The lowest BCUT2D eigenvalue weighted by molar-refractivity contribution is -0.137.